The Kier molecular flexibility index (Phi) is 11.4. The Labute approximate surface area is 199 Å². The van der Waals surface area contributed by atoms with Gasteiger partial charge in [0.05, 0.1) is 64.0 Å². The zero-order chi connectivity index (χ0) is 23.8. The van der Waals surface area contributed by atoms with Gasteiger partial charge in [0.15, 0.2) is 0 Å². The van der Waals surface area contributed by atoms with Crippen LogP contribution in [0.1, 0.15) is 20.7 Å². The predicted molar refractivity (Wildman–Crippen MR) is 124 cm³/mol. The molecule has 0 bridgehead atoms. The van der Waals surface area contributed by atoms with Gasteiger partial charge < -0.3 is 28.7 Å². The SMILES string of the molecule is O=C(c1cccnc1)N1CCOCCOCCN(C(=O)c2cccnc2)CCOCCOCC1. The lowest BCUT2D eigenvalue weighted by atomic mass is 10.2. The fourth-order valence-electron chi connectivity index (χ4n) is 3.32. The maximum atomic E-state index is 12.8. The van der Waals surface area contributed by atoms with Crippen molar-refractivity contribution in [2.45, 2.75) is 0 Å². The van der Waals surface area contributed by atoms with Gasteiger partial charge in [-0.2, -0.15) is 0 Å². The first kappa shape index (κ1) is 25.7. The first-order valence-electron chi connectivity index (χ1n) is 11.5. The highest BCUT2D eigenvalue weighted by molar-refractivity contribution is 5.94. The molecule has 10 heteroatoms. The molecule has 2 amide bonds. The summed E-state index contributed by atoms with van der Waals surface area (Å²) in [5.41, 5.74) is 1.06. The molecule has 0 unspecified atom stereocenters. The van der Waals surface area contributed by atoms with Gasteiger partial charge in [-0.1, -0.05) is 0 Å². The molecule has 1 saturated heterocycles. The zero-order valence-corrected chi connectivity index (χ0v) is 19.3. The predicted octanol–water partition coefficient (Wildman–Crippen LogP) is 1.14. The summed E-state index contributed by atoms with van der Waals surface area (Å²) in [5, 5.41) is 0. The van der Waals surface area contributed by atoms with Gasteiger partial charge in [0.1, 0.15) is 0 Å². The lowest BCUT2D eigenvalue weighted by Gasteiger charge is -2.24. The average Bonchev–Trinajstić information content (AvgIpc) is 2.89. The molecule has 0 aliphatic carbocycles. The third-order valence-electron chi connectivity index (χ3n) is 5.16. The second-order valence-corrected chi connectivity index (χ2v) is 7.52. The zero-order valence-electron chi connectivity index (χ0n) is 19.3. The lowest BCUT2D eigenvalue weighted by molar-refractivity contribution is 0.00888. The third kappa shape index (κ3) is 8.79. The van der Waals surface area contributed by atoms with Crippen LogP contribution in [0.25, 0.3) is 0 Å². The van der Waals surface area contributed by atoms with Crippen molar-refractivity contribution in [2.24, 2.45) is 0 Å². The molecule has 2 aromatic heterocycles. The molecule has 0 aromatic carbocycles. The molecule has 1 fully saturated rings. The van der Waals surface area contributed by atoms with Crippen LogP contribution in [0.3, 0.4) is 0 Å². The Balaban J connectivity index is 1.50. The van der Waals surface area contributed by atoms with Gasteiger partial charge in [0.2, 0.25) is 0 Å². The Bertz CT molecular complexity index is 764. The van der Waals surface area contributed by atoms with E-state index in [4.69, 9.17) is 18.9 Å². The van der Waals surface area contributed by atoms with Crippen LogP contribution >= 0.6 is 0 Å². The molecule has 184 valence electrons. The second-order valence-electron chi connectivity index (χ2n) is 7.52. The van der Waals surface area contributed by atoms with Crippen molar-refractivity contribution in [3.8, 4) is 0 Å². The quantitative estimate of drug-likeness (QED) is 0.641. The molecule has 0 atom stereocenters. The molecule has 1 aliphatic heterocycles. The van der Waals surface area contributed by atoms with Crippen molar-refractivity contribution >= 4 is 11.8 Å². The molecule has 10 nitrogen and oxygen atoms in total. The number of pyridine rings is 2. The summed E-state index contributed by atoms with van der Waals surface area (Å²) in [6.45, 7) is 4.82. The minimum absolute atomic E-state index is 0.111. The number of carbonyl (C=O) groups is 2. The summed E-state index contributed by atoms with van der Waals surface area (Å²) in [6, 6.07) is 6.96. The monoisotopic (exact) mass is 472 g/mol. The van der Waals surface area contributed by atoms with Gasteiger partial charge in [0.25, 0.3) is 11.8 Å². The molecule has 1 aliphatic rings. The number of ether oxygens (including phenoxy) is 4. The molecule has 34 heavy (non-hydrogen) atoms. The van der Waals surface area contributed by atoms with Gasteiger partial charge in [-0.3, -0.25) is 19.6 Å². The Morgan fingerprint density at radius 2 is 0.941 bits per heavy atom. The van der Waals surface area contributed by atoms with E-state index in [0.29, 0.717) is 90.2 Å². The molecule has 0 radical (unpaired) electrons. The first-order valence-corrected chi connectivity index (χ1v) is 11.5. The van der Waals surface area contributed by atoms with Crippen LogP contribution in [0.5, 0.6) is 0 Å². The third-order valence-corrected chi connectivity index (χ3v) is 5.16. The number of amides is 2. The highest BCUT2D eigenvalue weighted by Gasteiger charge is 2.17. The first-order chi connectivity index (χ1) is 16.8. The number of nitrogens with zero attached hydrogens (tertiary/aromatic N) is 4. The van der Waals surface area contributed by atoms with E-state index in [-0.39, 0.29) is 11.8 Å². The van der Waals surface area contributed by atoms with E-state index < -0.39 is 0 Å². The van der Waals surface area contributed by atoms with Gasteiger partial charge in [-0.15, -0.1) is 0 Å². The molecule has 2 aromatic rings. The van der Waals surface area contributed by atoms with Crippen molar-refractivity contribution < 1.29 is 28.5 Å². The van der Waals surface area contributed by atoms with Gasteiger partial charge in [0, 0.05) is 51.0 Å². The summed E-state index contributed by atoms with van der Waals surface area (Å²) in [5.74, 6) is -0.221. The molecular weight excluding hydrogens is 440 g/mol. The van der Waals surface area contributed by atoms with Crippen molar-refractivity contribution in [3.63, 3.8) is 0 Å². The number of rotatable bonds is 2. The van der Waals surface area contributed by atoms with Crippen LogP contribution in [0, 0.1) is 0 Å². The van der Waals surface area contributed by atoms with Gasteiger partial charge >= 0.3 is 0 Å². The Morgan fingerprint density at radius 1 is 0.588 bits per heavy atom. The van der Waals surface area contributed by atoms with Crippen LogP contribution in [0.15, 0.2) is 49.1 Å². The highest BCUT2D eigenvalue weighted by Crippen LogP contribution is 2.05. The molecule has 3 heterocycles. The van der Waals surface area contributed by atoms with E-state index in [1.54, 1.807) is 58.9 Å². The topological polar surface area (TPSA) is 103 Å². The highest BCUT2D eigenvalue weighted by atomic mass is 16.5. The summed E-state index contributed by atoms with van der Waals surface area (Å²) < 4.78 is 22.6. The lowest BCUT2D eigenvalue weighted by Crippen LogP contribution is -2.38. The number of aromatic nitrogens is 2. The van der Waals surface area contributed by atoms with E-state index in [9.17, 15) is 9.59 Å². The molecule has 0 saturated carbocycles. The van der Waals surface area contributed by atoms with Crippen molar-refractivity contribution in [1.29, 1.82) is 0 Å². The van der Waals surface area contributed by atoms with Gasteiger partial charge in [-0.05, 0) is 24.3 Å². The van der Waals surface area contributed by atoms with E-state index >= 15 is 0 Å². The van der Waals surface area contributed by atoms with E-state index in [0.717, 1.165) is 0 Å². The molecule has 0 spiro atoms. The van der Waals surface area contributed by atoms with Crippen molar-refractivity contribution in [2.75, 3.05) is 79.0 Å². The summed E-state index contributed by atoms with van der Waals surface area (Å²) in [7, 11) is 0. The summed E-state index contributed by atoms with van der Waals surface area (Å²) in [4.78, 5) is 37.0. The summed E-state index contributed by atoms with van der Waals surface area (Å²) in [6.07, 6.45) is 6.38. The van der Waals surface area contributed by atoms with Crippen LogP contribution in [-0.2, 0) is 18.9 Å². The van der Waals surface area contributed by atoms with Crippen molar-refractivity contribution in [3.05, 3.63) is 60.2 Å². The second kappa shape index (κ2) is 15.1. The van der Waals surface area contributed by atoms with Crippen LogP contribution in [0.2, 0.25) is 0 Å². The van der Waals surface area contributed by atoms with Crippen LogP contribution in [0.4, 0.5) is 0 Å². The fourth-order valence-corrected chi connectivity index (χ4v) is 3.32. The minimum Gasteiger partial charge on any atom is -0.377 e. The number of carbonyl (C=O) groups excluding carboxylic acids is 2. The number of hydrogen-bond acceptors (Lipinski definition) is 8. The van der Waals surface area contributed by atoms with E-state index in [2.05, 4.69) is 9.97 Å². The van der Waals surface area contributed by atoms with Gasteiger partial charge in [-0.25, -0.2) is 0 Å². The molecule has 0 N–H and O–H groups in total. The van der Waals surface area contributed by atoms with Crippen LogP contribution < -0.4 is 0 Å². The molecular formula is C24H32N4O6. The average molecular weight is 473 g/mol. The molecule has 3 rings (SSSR count). The normalized spacial score (nSPS) is 18.0. The smallest absolute Gasteiger partial charge is 0.255 e. The van der Waals surface area contributed by atoms with E-state index in [1.807, 2.05) is 0 Å². The van der Waals surface area contributed by atoms with E-state index in [1.165, 1.54) is 0 Å². The standard InChI is InChI=1S/C24H32N4O6/c29-23(21-3-1-5-25-19-21)27-7-11-31-15-17-33-13-9-28(10-14-34-18-16-32-12-8-27)24(30)22-4-2-6-26-20-22/h1-6,19-20H,7-18H2. The van der Waals surface area contributed by atoms with Crippen LogP contribution in [-0.4, -0.2) is 111 Å². The van der Waals surface area contributed by atoms with Crippen molar-refractivity contribution in [1.82, 2.24) is 19.8 Å². The Morgan fingerprint density at radius 3 is 1.24 bits per heavy atom. The maximum Gasteiger partial charge on any atom is 0.255 e. The Hall–Kier alpha value is -2.92. The number of hydrogen-bond donors (Lipinski definition) is 0. The maximum absolute atomic E-state index is 12.8. The largest absolute Gasteiger partial charge is 0.377 e. The fraction of sp³-hybridized carbons (Fsp3) is 0.500. The summed E-state index contributed by atoms with van der Waals surface area (Å²) >= 11 is 0. The minimum atomic E-state index is -0.111.